The summed E-state index contributed by atoms with van der Waals surface area (Å²) < 4.78 is 66.4. The highest BCUT2D eigenvalue weighted by atomic mass is 32.2. The van der Waals surface area contributed by atoms with E-state index in [0.717, 1.165) is 25.5 Å². The molecule has 2 fully saturated rings. The number of hydrogen-bond donors (Lipinski definition) is 1. The Morgan fingerprint density at radius 2 is 2.03 bits per heavy atom. The van der Waals surface area contributed by atoms with Crippen LogP contribution >= 0.6 is 0 Å². The number of aromatic nitrogens is 2. The van der Waals surface area contributed by atoms with Gasteiger partial charge in [-0.05, 0) is 37.1 Å². The molecule has 4 heterocycles. The second kappa shape index (κ2) is 9.88. The van der Waals surface area contributed by atoms with E-state index in [4.69, 9.17) is 9.47 Å². The van der Waals surface area contributed by atoms with Gasteiger partial charge in [0.25, 0.3) is 5.91 Å². The summed E-state index contributed by atoms with van der Waals surface area (Å²) in [5.41, 5.74) is 0.480. The largest absolute Gasteiger partial charge is 0.755 e. The van der Waals surface area contributed by atoms with Gasteiger partial charge in [0.15, 0.2) is 5.82 Å². The standard InChI is InChI=1S/C23H24F2N4O5S/c24-14-3-4-20(34-15-6-10-33-11-7-15)16(12-14)18-2-1-8-28(18)19-5-9-29-22(21(19)25)17(13-26-29)23(30)27-35(31)32/h3-5,9,12-13,15,18H,1-2,6-8,10-11H2,(H,27,30)(H,31,32)/p-1/t18-/m1/s1. The van der Waals surface area contributed by atoms with E-state index in [0.29, 0.717) is 37.5 Å². The van der Waals surface area contributed by atoms with Gasteiger partial charge in [0.2, 0.25) is 0 Å². The molecule has 1 N–H and O–H groups in total. The number of anilines is 1. The van der Waals surface area contributed by atoms with Gasteiger partial charge < -0.3 is 18.9 Å². The lowest BCUT2D eigenvalue weighted by atomic mass is 10.0. The van der Waals surface area contributed by atoms with Crippen molar-refractivity contribution in [2.75, 3.05) is 24.7 Å². The fourth-order valence-electron chi connectivity index (χ4n) is 4.79. The Labute approximate surface area is 202 Å². The van der Waals surface area contributed by atoms with Crippen LogP contribution in [0.2, 0.25) is 0 Å². The number of halogens is 2. The van der Waals surface area contributed by atoms with Gasteiger partial charge in [-0.1, -0.05) is 0 Å². The van der Waals surface area contributed by atoms with Crippen LogP contribution in [0.15, 0.2) is 36.7 Å². The molecule has 2 aliphatic heterocycles. The van der Waals surface area contributed by atoms with Gasteiger partial charge in [0, 0.05) is 42.4 Å². The quantitative estimate of drug-likeness (QED) is 0.513. The summed E-state index contributed by atoms with van der Waals surface area (Å²) in [6.45, 7) is 1.71. The number of carbonyl (C=O) groups excluding carboxylic acids is 1. The molecule has 186 valence electrons. The predicted molar refractivity (Wildman–Crippen MR) is 122 cm³/mol. The van der Waals surface area contributed by atoms with Gasteiger partial charge >= 0.3 is 0 Å². The fourth-order valence-corrected chi connectivity index (χ4v) is 5.05. The number of hydrogen-bond acceptors (Lipinski definition) is 7. The molecule has 0 spiro atoms. The molecule has 1 amide bonds. The van der Waals surface area contributed by atoms with Crippen molar-refractivity contribution >= 4 is 28.4 Å². The molecular weight excluding hydrogens is 482 g/mol. The number of nitrogens with zero attached hydrogens (tertiary/aromatic N) is 3. The maximum absolute atomic E-state index is 15.8. The first-order chi connectivity index (χ1) is 16.9. The third kappa shape index (κ3) is 4.73. The second-order valence-corrected chi connectivity index (χ2v) is 9.17. The zero-order valence-corrected chi connectivity index (χ0v) is 19.4. The van der Waals surface area contributed by atoms with Crippen molar-refractivity contribution in [3.8, 4) is 5.75 Å². The number of ether oxygens (including phenoxy) is 2. The van der Waals surface area contributed by atoms with Gasteiger partial charge in [-0.3, -0.25) is 13.7 Å². The number of carbonyl (C=O) groups is 1. The first-order valence-corrected chi connectivity index (χ1v) is 12.4. The average Bonchev–Trinajstić information content (AvgIpc) is 3.49. The number of amides is 1. The fraction of sp³-hybridized carbons (Fsp3) is 0.391. The Kier molecular flexibility index (Phi) is 6.67. The molecule has 2 aliphatic rings. The van der Waals surface area contributed by atoms with E-state index < -0.39 is 28.8 Å². The minimum absolute atomic E-state index is 0.0460. The minimum atomic E-state index is -2.85. The van der Waals surface area contributed by atoms with E-state index in [1.807, 2.05) is 4.90 Å². The summed E-state index contributed by atoms with van der Waals surface area (Å²) in [6.07, 6.45) is 5.42. The molecule has 35 heavy (non-hydrogen) atoms. The van der Waals surface area contributed by atoms with Crippen molar-refractivity contribution in [2.45, 2.75) is 37.8 Å². The molecule has 2 aromatic heterocycles. The van der Waals surface area contributed by atoms with Gasteiger partial charge in [-0.2, -0.15) is 5.10 Å². The topological polar surface area (TPSA) is 108 Å². The van der Waals surface area contributed by atoms with Crippen molar-refractivity contribution < 1.29 is 31.8 Å². The maximum Gasteiger partial charge on any atom is 0.266 e. The average molecular weight is 506 g/mol. The molecule has 0 bridgehead atoms. The Hall–Kier alpha value is -3.09. The van der Waals surface area contributed by atoms with E-state index in [9.17, 15) is 17.9 Å². The van der Waals surface area contributed by atoms with Crippen molar-refractivity contribution in [1.82, 2.24) is 14.3 Å². The molecule has 0 aliphatic carbocycles. The van der Waals surface area contributed by atoms with Crippen LogP contribution in [0.3, 0.4) is 0 Å². The number of benzene rings is 1. The zero-order chi connectivity index (χ0) is 24.5. The Morgan fingerprint density at radius 1 is 1.23 bits per heavy atom. The SMILES string of the molecule is O=C(NS(=O)[O-])c1cnn2ccc(N3CCC[C@@H]3c3cc(F)ccc3OC3CCOCC3)c(F)c12. The van der Waals surface area contributed by atoms with Gasteiger partial charge in [0.1, 0.15) is 23.2 Å². The molecule has 5 rings (SSSR count). The van der Waals surface area contributed by atoms with E-state index in [-0.39, 0.29) is 28.9 Å². The smallest absolute Gasteiger partial charge is 0.266 e. The number of pyridine rings is 1. The lowest BCUT2D eigenvalue weighted by molar-refractivity contribution is 0.0250. The van der Waals surface area contributed by atoms with E-state index in [2.05, 4.69) is 5.10 Å². The predicted octanol–water partition coefficient (Wildman–Crippen LogP) is 3.04. The van der Waals surface area contributed by atoms with Crippen molar-refractivity contribution in [3.05, 3.63) is 59.4 Å². The van der Waals surface area contributed by atoms with Gasteiger partial charge in [-0.25, -0.2) is 13.3 Å². The number of fused-ring (bicyclic) bond motifs is 1. The third-order valence-electron chi connectivity index (χ3n) is 6.38. The normalized spacial score (nSPS) is 19.7. The second-order valence-electron chi connectivity index (χ2n) is 8.50. The lowest BCUT2D eigenvalue weighted by Gasteiger charge is -2.31. The van der Waals surface area contributed by atoms with E-state index >= 15 is 4.39 Å². The summed E-state index contributed by atoms with van der Waals surface area (Å²) in [4.78, 5) is 14.1. The van der Waals surface area contributed by atoms with Crippen LogP contribution in [0.5, 0.6) is 5.75 Å². The van der Waals surface area contributed by atoms with Crippen LogP contribution < -0.4 is 14.4 Å². The highest BCUT2D eigenvalue weighted by Gasteiger charge is 2.33. The summed E-state index contributed by atoms with van der Waals surface area (Å²) in [5.74, 6) is -1.57. The molecule has 1 unspecified atom stereocenters. The van der Waals surface area contributed by atoms with Crippen LogP contribution in [0.4, 0.5) is 14.5 Å². The molecular formula is C23H23F2N4O5S-. The van der Waals surface area contributed by atoms with Crippen molar-refractivity contribution in [3.63, 3.8) is 0 Å². The Morgan fingerprint density at radius 3 is 2.80 bits per heavy atom. The van der Waals surface area contributed by atoms with E-state index in [1.165, 1.54) is 22.8 Å². The molecule has 0 radical (unpaired) electrons. The van der Waals surface area contributed by atoms with Crippen LogP contribution in [0.1, 0.15) is 47.6 Å². The highest BCUT2D eigenvalue weighted by Crippen LogP contribution is 2.42. The zero-order valence-electron chi connectivity index (χ0n) is 18.6. The van der Waals surface area contributed by atoms with Crippen LogP contribution in [0, 0.1) is 11.6 Å². The monoisotopic (exact) mass is 505 g/mol. The Bertz CT molecular complexity index is 1280. The number of nitrogens with one attached hydrogen (secondary N) is 1. The lowest BCUT2D eigenvalue weighted by Crippen LogP contribution is -2.28. The summed E-state index contributed by atoms with van der Waals surface area (Å²) >= 11 is -2.85. The summed E-state index contributed by atoms with van der Waals surface area (Å²) in [5, 5.41) is 3.96. The molecule has 0 saturated carbocycles. The van der Waals surface area contributed by atoms with Crippen LogP contribution in [-0.2, 0) is 16.0 Å². The molecule has 9 nitrogen and oxygen atoms in total. The van der Waals surface area contributed by atoms with Crippen LogP contribution in [-0.4, -0.2) is 50.1 Å². The third-order valence-corrected chi connectivity index (χ3v) is 6.73. The molecule has 1 aromatic carbocycles. The molecule has 2 atom stereocenters. The molecule has 3 aromatic rings. The highest BCUT2D eigenvalue weighted by molar-refractivity contribution is 7.77. The van der Waals surface area contributed by atoms with E-state index in [1.54, 1.807) is 16.9 Å². The van der Waals surface area contributed by atoms with Crippen molar-refractivity contribution in [1.29, 1.82) is 0 Å². The van der Waals surface area contributed by atoms with Crippen LogP contribution in [0.25, 0.3) is 5.52 Å². The van der Waals surface area contributed by atoms with Gasteiger partial charge in [-0.15, -0.1) is 0 Å². The molecule has 12 heteroatoms. The number of rotatable bonds is 6. The Balaban J connectivity index is 1.51. The van der Waals surface area contributed by atoms with Gasteiger partial charge in [0.05, 0.1) is 36.7 Å². The summed E-state index contributed by atoms with van der Waals surface area (Å²) in [7, 11) is 0. The minimum Gasteiger partial charge on any atom is -0.755 e. The first-order valence-electron chi connectivity index (χ1n) is 11.3. The van der Waals surface area contributed by atoms with Crippen molar-refractivity contribution in [2.24, 2.45) is 0 Å². The maximum atomic E-state index is 15.8. The summed E-state index contributed by atoms with van der Waals surface area (Å²) in [6, 6.07) is 5.57. The first kappa shape index (κ1) is 23.6. The molecule has 2 saturated heterocycles.